The molecule has 2 aliphatic rings. The van der Waals surface area contributed by atoms with E-state index in [1.807, 2.05) is 12.3 Å². The molecular weight excluding hydrogens is 420 g/mol. The van der Waals surface area contributed by atoms with Crippen LogP contribution in [-0.2, 0) is 6.54 Å². The maximum Gasteiger partial charge on any atom is 0.119 e. The molecule has 0 aliphatic carbocycles. The van der Waals surface area contributed by atoms with Crippen LogP contribution >= 0.6 is 0 Å². The van der Waals surface area contributed by atoms with Crippen molar-refractivity contribution in [2.75, 3.05) is 57.3 Å². The third-order valence-electron chi connectivity index (χ3n) is 7.24. The Bertz CT molecular complexity index is 1020. The van der Waals surface area contributed by atoms with Gasteiger partial charge in [0.1, 0.15) is 5.75 Å². The number of pyridine rings is 1. The number of aromatic nitrogens is 1. The quantitative estimate of drug-likeness (QED) is 0.433. The largest absolute Gasteiger partial charge is 0.494 e. The van der Waals surface area contributed by atoms with Crippen LogP contribution in [0.1, 0.15) is 37.7 Å². The molecule has 2 aliphatic heterocycles. The summed E-state index contributed by atoms with van der Waals surface area (Å²) in [6.07, 6.45) is 8.52. The zero-order valence-electron chi connectivity index (χ0n) is 20.4. The van der Waals surface area contributed by atoms with Crippen LogP contribution in [0, 0.1) is 0 Å². The molecule has 0 amide bonds. The number of fused-ring (bicyclic) bond motifs is 1. The maximum atomic E-state index is 6.02. The first-order chi connectivity index (χ1) is 16.8. The number of piperazine rings is 1. The summed E-state index contributed by atoms with van der Waals surface area (Å²) in [5.74, 6) is 0.993. The predicted molar refractivity (Wildman–Crippen MR) is 141 cm³/mol. The standard InChI is InChI=1S/C29H38N4O/c1-2-4-17-31(16-3-1)18-7-23-34-27-13-11-25(12-14-27)24-32-19-21-33(22-20-32)28-10-5-8-26-9-6-15-30-29(26)28/h5-6,8-15H,1-4,7,16-24H2. The highest BCUT2D eigenvalue weighted by molar-refractivity contribution is 5.90. The Kier molecular flexibility index (Phi) is 7.94. The van der Waals surface area contributed by atoms with Crippen LogP contribution in [0.5, 0.6) is 5.75 Å². The Balaban J connectivity index is 1.05. The van der Waals surface area contributed by atoms with Gasteiger partial charge in [-0.05, 0) is 62.2 Å². The van der Waals surface area contributed by atoms with Gasteiger partial charge in [-0.3, -0.25) is 9.88 Å². The van der Waals surface area contributed by atoms with Crippen molar-refractivity contribution < 1.29 is 4.74 Å². The van der Waals surface area contributed by atoms with Crippen molar-refractivity contribution in [2.24, 2.45) is 0 Å². The third kappa shape index (κ3) is 6.08. The maximum absolute atomic E-state index is 6.02. The van der Waals surface area contributed by atoms with Crippen LogP contribution in [0.4, 0.5) is 5.69 Å². The Hall–Kier alpha value is -2.63. The fraction of sp³-hybridized carbons (Fsp3) is 0.483. The lowest BCUT2D eigenvalue weighted by Crippen LogP contribution is -2.46. The topological polar surface area (TPSA) is 31.8 Å². The Morgan fingerprint density at radius 2 is 1.50 bits per heavy atom. The molecule has 2 fully saturated rings. The van der Waals surface area contributed by atoms with E-state index in [0.717, 1.165) is 57.0 Å². The minimum atomic E-state index is 0.806. The molecule has 0 bridgehead atoms. The van der Waals surface area contributed by atoms with Gasteiger partial charge in [-0.1, -0.05) is 43.2 Å². The number of nitrogens with zero attached hydrogens (tertiary/aromatic N) is 4. The molecule has 0 N–H and O–H groups in total. The van der Waals surface area contributed by atoms with E-state index in [4.69, 9.17) is 4.74 Å². The molecule has 5 nitrogen and oxygen atoms in total. The summed E-state index contributed by atoms with van der Waals surface area (Å²) in [5.41, 5.74) is 3.73. The monoisotopic (exact) mass is 458 g/mol. The van der Waals surface area contributed by atoms with Crippen molar-refractivity contribution in [3.8, 4) is 5.75 Å². The smallest absolute Gasteiger partial charge is 0.119 e. The van der Waals surface area contributed by atoms with Crippen molar-refractivity contribution in [1.82, 2.24) is 14.8 Å². The highest BCUT2D eigenvalue weighted by atomic mass is 16.5. The van der Waals surface area contributed by atoms with E-state index in [1.54, 1.807) is 0 Å². The van der Waals surface area contributed by atoms with Crippen LogP contribution in [0.25, 0.3) is 10.9 Å². The van der Waals surface area contributed by atoms with Gasteiger partial charge in [-0.25, -0.2) is 0 Å². The molecular formula is C29H38N4O. The number of anilines is 1. The van der Waals surface area contributed by atoms with Gasteiger partial charge < -0.3 is 14.5 Å². The first kappa shape index (κ1) is 23.1. The summed E-state index contributed by atoms with van der Waals surface area (Å²) in [6.45, 7) is 9.71. The van der Waals surface area contributed by atoms with Crippen LogP contribution in [-0.4, -0.2) is 67.2 Å². The second-order valence-corrected chi connectivity index (χ2v) is 9.72. The summed E-state index contributed by atoms with van der Waals surface area (Å²) in [4.78, 5) is 12.3. The molecule has 180 valence electrons. The van der Waals surface area contributed by atoms with E-state index in [9.17, 15) is 0 Å². The number of likely N-dealkylation sites (tertiary alicyclic amines) is 1. The van der Waals surface area contributed by atoms with Gasteiger partial charge in [0, 0.05) is 50.9 Å². The highest BCUT2D eigenvalue weighted by Crippen LogP contribution is 2.26. The Labute approximate surface area is 204 Å². The zero-order valence-corrected chi connectivity index (χ0v) is 20.4. The third-order valence-corrected chi connectivity index (χ3v) is 7.24. The molecule has 0 atom stereocenters. The zero-order chi connectivity index (χ0) is 23.0. The summed E-state index contributed by atoms with van der Waals surface area (Å²) in [5, 5.41) is 1.21. The van der Waals surface area contributed by atoms with Crippen molar-refractivity contribution in [1.29, 1.82) is 0 Å². The summed E-state index contributed by atoms with van der Waals surface area (Å²) in [6, 6.07) is 19.4. The van der Waals surface area contributed by atoms with Gasteiger partial charge in [0.05, 0.1) is 17.8 Å². The molecule has 0 unspecified atom stereocenters. The first-order valence-electron chi connectivity index (χ1n) is 13.1. The molecule has 0 radical (unpaired) electrons. The van der Waals surface area contributed by atoms with E-state index in [-0.39, 0.29) is 0 Å². The van der Waals surface area contributed by atoms with Gasteiger partial charge in [-0.2, -0.15) is 0 Å². The molecule has 1 aromatic heterocycles. The van der Waals surface area contributed by atoms with E-state index in [0.29, 0.717) is 0 Å². The van der Waals surface area contributed by atoms with Gasteiger partial charge in [0.2, 0.25) is 0 Å². The summed E-state index contributed by atoms with van der Waals surface area (Å²) >= 11 is 0. The van der Waals surface area contributed by atoms with Crippen LogP contribution in [0.15, 0.2) is 60.8 Å². The van der Waals surface area contributed by atoms with Crippen molar-refractivity contribution in [3.05, 3.63) is 66.4 Å². The summed E-state index contributed by atoms with van der Waals surface area (Å²) in [7, 11) is 0. The predicted octanol–water partition coefficient (Wildman–Crippen LogP) is 5.20. The van der Waals surface area contributed by atoms with Gasteiger partial charge in [0.15, 0.2) is 0 Å². The van der Waals surface area contributed by atoms with Crippen molar-refractivity contribution in [2.45, 2.75) is 38.6 Å². The molecule has 0 spiro atoms. The molecule has 2 aromatic carbocycles. The van der Waals surface area contributed by atoms with Gasteiger partial charge in [-0.15, -0.1) is 0 Å². The fourth-order valence-corrected chi connectivity index (χ4v) is 5.28. The number of hydrogen-bond donors (Lipinski definition) is 0. The van der Waals surface area contributed by atoms with E-state index >= 15 is 0 Å². The molecule has 3 heterocycles. The van der Waals surface area contributed by atoms with Crippen LogP contribution < -0.4 is 9.64 Å². The van der Waals surface area contributed by atoms with Crippen molar-refractivity contribution >= 4 is 16.6 Å². The number of rotatable bonds is 8. The normalized spacial score (nSPS) is 18.2. The lowest BCUT2D eigenvalue weighted by molar-refractivity contribution is 0.239. The minimum Gasteiger partial charge on any atom is -0.494 e. The first-order valence-corrected chi connectivity index (χ1v) is 13.1. The Morgan fingerprint density at radius 1 is 0.735 bits per heavy atom. The van der Waals surface area contributed by atoms with E-state index in [2.05, 4.69) is 68.2 Å². The molecule has 2 saturated heterocycles. The molecule has 5 heteroatoms. The van der Waals surface area contributed by atoms with Crippen molar-refractivity contribution in [3.63, 3.8) is 0 Å². The Morgan fingerprint density at radius 3 is 2.29 bits per heavy atom. The molecule has 0 saturated carbocycles. The lowest BCUT2D eigenvalue weighted by atomic mass is 10.1. The molecule has 3 aromatic rings. The fourth-order valence-electron chi connectivity index (χ4n) is 5.28. The lowest BCUT2D eigenvalue weighted by Gasteiger charge is -2.36. The van der Waals surface area contributed by atoms with Gasteiger partial charge >= 0.3 is 0 Å². The molecule has 34 heavy (non-hydrogen) atoms. The second kappa shape index (κ2) is 11.7. The summed E-state index contributed by atoms with van der Waals surface area (Å²) < 4.78 is 6.02. The minimum absolute atomic E-state index is 0.806. The van der Waals surface area contributed by atoms with Crippen LogP contribution in [0.3, 0.4) is 0 Å². The number of benzene rings is 2. The number of para-hydroxylation sites is 1. The number of ether oxygens (including phenoxy) is 1. The van der Waals surface area contributed by atoms with E-state index < -0.39 is 0 Å². The second-order valence-electron chi connectivity index (χ2n) is 9.72. The molecule has 5 rings (SSSR count). The van der Waals surface area contributed by atoms with E-state index in [1.165, 1.54) is 62.0 Å². The highest BCUT2D eigenvalue weighted by Gasteiger charge is 2.19. The average molecular weight is 459 g/mol. The average Bonchev–Trinajstić information content (AvgIpc) is 3.17. The number of hydrogen-bond acceptors (Lipinski definition) is 5. The van der Waals surface area contributed by atoms with Gasteiger partial charge in [0.25, 0.3) is 0 Å². The van der Waals surface area contributed by atoms with Crippen LogP contribution in [0.2, 0.25) is 0 Å². The SMILES string of the molecule is c1cnc2c(N3CCN(Cc4ccc(OCCCN5CCCCCC5)cc4)CC3)cccc2c1.